The molecule has 1 aliphatic heterocycles. The topological polar surface area (TPSA) is 66.5 Å². The molecule has 2 aliphatic rings. The van der Waals surface area contributed by atoms with Crippen molar-refractivity contribution in [3.05, 3.63) is 54.6 Å². The Labute approximate surface area is 174 Å². The Morgan fingerprint density at radius 2 is 1.55 bits per heavy atom. The number of rotatable bonds is 6. The number of hydrogen-bond acceptors (Lipinski definition) is 4. The lowest BCUT2D eigenvalue weighted by Crippen LogP contribution is -2.34. The molecule has 4 rings (SSSR count). The molecule has 0 radical (unpaired) electrons. The third-order valence-corrected chi connectivity index (χ3v) is 6.71. The molecule has 6 heteroatoms. The Kier molecular flexibility index (Phi) is 6.00. The van der Waals surface area contributed by atoms with E-state index in [0.29, 0.717) is 0 Å². The summed E-state index contributed by atoms with van der Waals surface area (Å²) in [6, 6.07) is 17.6. The molecule has 2 aromatic rings. The molecule has 150 valence electrons. The minimum absolute atomic E-state index is 0.0902. The van der Waals surface area contributed by atoms with E-state index in [2.05, 4.69) is 5.32 Å². The van der Waals surface area contributed by atoms with Crippen LogP contribution in [-0.2, 0) is 14.4 Å². The van der Waals surface area contributed by atoms with E-state index in [1.54, 1.807) is 11.8 Å². The van der Waals surface area contributed by atoms with Gasteiger partial charge in [0.1, 0.15) is 0 Å². The Balaban J connectivity index is 1.37. The standard InChI is InChI=1S/C23H24N2O3S/c26-21(14-15-25-22(27)17-10-4-5-11-18(17)23(25)28)24-19-12-6-7-13-20(19)29-16-8-2-1-3-9-16/h1-3,6-9,12-13,17-18H,4-5,10-11,14-15H2,(H,24,26). The monoisotopic (exact) mass is 408 g/mol. The normalized spacial score (nSPS) is 21.2. The second-order valence-electron chi connectivity index (χ2n) is 7.54. The lowest BCUT2D eigenvalue weighted by Gasteiger charge is -2.19. The van der Waals surface area contributed by atoms with Gasteiger partial charge in [-0.15, -0.1) is 0 Å². The Morgan fingerprint density at radius 3 is 2.24 bits per heavy atom. The number of carbonyl (C=O) groups excluding carboxylic acids is 3. The second kappa shape index (κ2) is 8.82. The van der Waals surface area contributed by atoms with E-state index in [4.69, 9.17) is 0 Å². The Bertz CT molecular complexity index is 891. The van der Waals surface area contributed by atoms with Crippen LogP contribution in [0.2, 0.25) is 0 Å². The molecule has 1 N–H and O–H groups in total. The number of para-hydroxylation sites is 1. The summed E-state index contributed by atoms with van der Waals surface area (Å²) in [4.78, 5) is 41.0. The fourth-order valence-electron chi connectivity index (χ4n) is 4.15. The molecule has 1 heterocycles. The molecule has 1 saturated heterocycles. The number of nitrogens with zero attached hydrogens (tertiary/aromatic N) is 1. The lowest BCUT2D eigenvalue weighted by atomic mass is 9.81. The summed E-state index contributed by atoms with van der Waals surface area (Å²) in [5.41, 5.74) is 0.735. The Hall–Kier alpha value is -2.60. The van der Waals surface area contributed by atoms with Crippen LogP contribution in [-0.4, -0.2) is 29.2 Å². The third-order valence-electron chi connectivity index (χ3n) is 5.63. The molecule has 1 aliphatic carbocycles. The van der Waals surface area contributed by atoms with E-state index in [0.717, 1.165) is 41.2 Å². The first-order valence-corrected chi connectivity index (χ1v) is 10.9. The molecule has 29 heavy (non-hydrogen) atoms. The van der Waals surface area contributed by atoms with Crippen molar-refractivity contribution in [2.45, 2.75) is 41.9 Å². The molecule has 2 atom stereocenters. The molecular formula is C23H24N2O3S. The second-order valence-corrected chi connectivity index (χ2v) is 8.65. The van der Waals surface area contributed by atoms with Gasteiger partial charge in [0.2, 0.25) is 17.7 Å². The first-order valence-electron chi connectivity index (χ1n) is 10.1. The molecule has 0 aromatic heterocycles. The van der Waals surface area contributed by atoms with E-state index in [-0.39, 0.29) is 42.5 Å². The number of likely N-dealkylation sites (tertiary alicyclic amines) is 1. The highest BCUT2D eigenvalue weighted by Crippen LogP contribution is 2.38. The van der Waals surface area contributed by atoms with E-state index in [1.165, 1.54) is 4.90 Å². The van der Waals surface area contributed by atoms with Gasteiger partial charge in [-0.2, -0.15) is 0 Å². The summed E-state index contributed by atoms with van der Waals surface area (Å²) in [5, 5.41) is 2.94. The average molecular weight is 409 g/mol. The summed E-state index contributed by atoms with van der Waals surface area (Å²) < 4.78 is 0. The van der Waals surface area contributed by atoms with Crippen LogP contribution < -0.4 is 5.32 Å². The number of imide groups is 1. The fourth-order valence-corrected chi connectivity index (χ4v) is 5.07. The zero-order chi connectivity index (χ0) is 20.2. The zero-order valence-electron chi connectivity index (χ0n) is 16.2. The average Bonchev–Trinajstić information content (AvgIpc) is 2.99. The van der Waals surface area contributed by atoms with Crippen LogP contribution in [0.15, 0.2) is 64.4 Å². The number of fused-ring (bicyclic) bond motifs is 1. The van der Waals surface area contributed by atoms with Crippen molar-refractivity contribution in [3.8, 4) is 0 Å². The summed E-state index contributed by atoms with van der Waals surface area (Å²) in [6.07, 6.45) is 3.71. The molecular weight excluding hydrogens is 384 g/mol. The van der Waals surface area contributed by atoms with E-state index < -0.39 is 0 Å². The zero-order valence-corrected chi connectivity index (χ0v) is 17.0. The minimum Gasteiger partial charge on any atom is -0.325 e. The maximum Gasteiger partial charge on any atom is 0.233 e. The SMILES string of the molecule is O=C(CCN1C(=O)C2CCCCC2C1=O)Nc1ccccc1Sc1ccccc1. The highest BCUT2D eigenvalue weighted by atomic mass is 32.2. The van der Waals surface area contributed by atoms with E-state index >= 15 is 0 Å². The quantitative estimate of drug-likeness (QED) is 0.722. The summed E-state index contributed by atoms with van der Waals surface area (Å²) in [6.45, 7) is 0.157. The molecule has 0 bridgehead atoms. The van der Waals surface area contributed by atoms with Gasteiger partial charge < -0.3 is 5.32 Å². The van der Waals surface area contributed by atoms with Gasteiger partial charge in [0.05, 0.1) is 17.5 Å². The number of carbonyl (C=O) groups is 3. The molecule has 2 unspecified atom stereocenters. The predicted molar refractivity (Wildman–Crippen MR) is 112 cm³/mol. The highest BCUT2D eigenvalue weighted by molar-refractivity contribution is 7.99. The highest BCUT2D eigenvalue weighted by Gasteiger charge is 2.47. The molecule has 2 aromatic carbocycles. The van der Waals surface area contributed by atoms with Crippen LogP contribution in [0.25, 0.3) is 0 Å². The molecule has 5 nitrogen and oxygen atoms in total. The van der Waals surface area contributed by atoms with Gasteiger partial charge in [0, 0.05) is 22.8 Å². The maximum absolute atomic E-state index is 12.5. The van der Waals surface area contributed by atoms with Crippen LogP contribution in [0.1, 0.15) is 32.1 Å². The molecule has 2 fully saturated rings. The molecule has 3 amide bonds. The third kappa shape index (κ3) is 4.37. The number of nitrogens with one attached hydrogen (secondary N) is 1. The number of amides is 3. The number of anilines is 1. The van der Waals surface area contributed by atoms with Crippen molar-refractivity contribution in [1.29, 1.82) is 0 Å². The van der Waals surface area contributed by atoms with Crippen molar-refractivity contribution in [3.63, 3.8) is 0 Å². The molecule has 0 spiro atoms. The Morgan fingerprint density at radius 1 is 0.931 bits per heavy atom. The van der Waals surface area contributed by atoms with Gasteiger partial charge in [0.25, 0.3) is 0 Å². The maximum atomic E-state index is 12.5. The van der Waals surface area contributed by atoms with Crippen LogP contribution in [0.5, 0.6) is 0 Å². The fraction of sp³-hybridized carbons (Fsp3) is 0.348. The van der Waals surface area contributed by atoms with Gasteiger partial charge in [-0.05, 0) is 37.1 Å². The largest absolute Gasteiger partial charge is 0.325 e. The van der Waals surface area contributed by atoms with Gasteiger partial charge >= 0.3 is 0 Å². The van der Waals surface area contributed by atoms with Crippen molar-refractivity contribution in [2.75, 3.05) is 11.9 Å². The van der Waals surface area contributed by atoms with Gasteiger partial charge in [-0.1, -0.05) is 54.9 Å². The summed E-state index contributed by atoms with van der Waals surface area (Å²) in [5.74, 6) is -0.703. The number of benzene rings is 2. The summed E-state index contributed by atoms with van der Waals surface area (Å²) >= 11 is 1.58. The van der Waals surface area contributed by atoms with Crippen molar-refractivity contribution in [2.24, 2.45) is 11.8 Å². The van der Waals surface area contributed by atoms with Gasteiger partial charge in [-0.25, -0.2) is 0 Å². The summed E-state index contributed by atoms with van der Waals surface area (Å²) in [7, 11) is 0. The minimum atomic E-state index is -0.193. The van der Waals surface area contributed by atoms with Crippen LogP contribution in [0.4, 0.5) is 5.69 Å². The first-order chi connectivity index (χ1) is 14.1. The van der Waals surface area contributed by atoms with Crippen molar-refractivity contribution in [1.82, 2.24) is 4.90 Å². The van der Waals surface area contributed by atoms with E-state index in [9.17, 15) is 14.4 Å². The van der Waals surface area contributed by atoms with Gasteiger partial charge in [0.15, 0.2) is 0 Å². The van der Waals surface area contributed by atoms with Crippen molar-refractivity contribution < 1.29 is 14.4 Å². The predicted octanol–water partition coefficient (Wildman–Crippen LogP) is 4.34. The lowest BCUT2D eigenvalue weighted by molar-refractivity contribution is -0.140. The van der Waals surface area contributed by atoms with E-state index in [1.807, 2.05) is 54.6 Å². The van der Waals surface area contributed by atoms with Crippen molar-refractivity contribution >= 4 is 35.2 Å². The first kappa shape index (κ1) is 19.7. The van der Waals surface area contributed by atoms with Crippen LogP contribution in [0.3, 0.4) is 0 Å². The van der Waals surface area contributed by atoms with Crippen LogP contribution in [0, 0.1) is 11.8 Å². The molecule has 1 saturated carbocycles. The smallest absolute Gasteiger partial charge is 0.233 e. The van der Waals surface area contributed by atoms with Crippen LogP contribution >= 0.6 is 11.8 Å². The van der Waals surface area contributed by atoms with Gasteiger partial charge in [-0.3, -0.25) is 19.3 Å². The number of hydrogen-bond donors (Lipinski definition) is 1.